The molecular weight excluding hydrogens is 208 g/mol. The van der Waals surface area contributed by atoms with E-state index in [4.69, 9.17) is 4.74 Å². The van der Waals surface area contributed by atoms with Crippen molar-refractivity contribution < 1.29 is 9.53 Å². The molecule has 0 aliphatic carbocycles. The number of thiol groups is 1. The molecule has 0 spiro atoms. The number of fused-ring (bicyclic) bond motifs is 1. The molecule has 0 fully saturated rings. The summed E-state index contributed by atoms with van der Waals surface area (Å²) < 4.78 is 5.17. The molecule has 0 heterocycles. The average Bonchev–Trinajstić information content (AvgIpc) is 2.27. The molecule has 0 N–H and O–H groups in total. The summed E-state index contributed by atoms with van der Waals surface area (Å²) in [6.07, 6.45) is 0.806. The second-order valence-electron chi connectivity index (χ2n) is 3.18. The summed E-state index contributed by atoms with van der Waals surface area (Å²) in [5, 5.41) is 1.88. The van der Waals surface area contributed by atoms with E-state index in [-0.39, 0.29) is 0 Å². The third-order valence-corrected chi connectivity index (χ3v) is 2.67. The number of methoxy groups -OCH3 is 1. The summed E-state index contributed by atoms with van der Waals surface area (Å²) in [5.74, 6) is 0.534. The minimum absolute atomic E-state index is 0.534. The van der Waals surface area contributed by atoms with Gasteiger partial charge in [-0.2, -0.15) is 0 Å². The highest BCUT2D eigenvalue weighted by atomic mass is 32.1. The second-order valence-corrected chi connectivity index (χ2v) is 3.66. The number of aldehydes is 1. The molecule has 0 aliphatic heterocycles. The molecule has 0 atom stereocenters. The molecule has 3 heteroatoms. The van der Waals surface area contributed by atoms with Gasteiger partial charge in [-0.3, -0.25) is 4.79 Å². The van der Waals surface area contributed by atoms with Gasteiger partial charge in [0.1, 0.15) is 5.75 Å². The number of benzene rings is 2. The molecular formula is C12H10O2S. The van der Waals surface area contributed by atoms with Crippen LogP contribution < -0.4 is 4.74 Å². The van der Waals surface area contributed by atoms with Gasteiger partial charge in [-0.05, 0) is 16.8 Å². The lowest BCUT2D eigenvalue weighted by Crippen LogP contribution is -1.93. The predicted molar refractivity (Wildman–Crippen MR) is 63.1 cm³/mol. The summed E-state index contributed by atoms with van der Waals surface area (Å²) in [6, 6.07) is 9.56. The quantitative estimate of drug-likeness (QED) is 0.619. The Labute approximate surface area is 93.3 Å². The van der Waals surface area contributed by atoms with Crippen molar-refractivity contribution in [3.8, 4) is 5.75 Å². The lowest BCUT2D eigenvalue weighted by atomic mass is 10.0. The molecule has 76 valence electrons. The number of ether oxygens (including phenoxy) is 1. The average molecular weight is 218 g/mol. The van der Waals surface area contributed by atoms with Gasteiger partial charge < -0.3 is 4.74 Å². The molecule has 0 radical (unpaired) electrons. The maximum absolute atomic E-state index is 11.0. The van der Waals surface area contributed by atoms with Crippen molar-refractivity contribution >= 4 is 29.7 Å². The fraction of sp³-hybridized carbons (Fsp3) is 0.0833. The van der Waals surface area contributed by atoms with Crippen LogP contribution in [0.5, 0.6) is 5.75 Å². The van der Waals surface area contributed by atoms with E-state index in [0.29, 0.717) is 16.2 Å². The highest BCUT2D eigenvalue weighted by Gasteiger charge is 2.10. The van der Waals surface area contributed by atoms with E-state index in [1.165, 1.54) is 7.11 Å². The second kappa shape index (κ2) is 3.95. The molecule has 0 aromatic heterocycles. The van der Waals surface area contributed by atoms with E-state index >= 15 is 0 Å². The van der Waals surface area contributed by atoms with Crippen LogP contribution in [0.25, 0.3) is 10.8 Å². The molecule has 15 heavy (non-hydrogen) atoms. The van der Waals surface area contributed by atoms with Crippen molar-refractivity contribution in [2.24, 2.45) is 0 Å². The highest BCUT2D eigenvalue weighted by Crippen LogP contribution is 2.32. The lowest BCUT2D eigenvalue weighted by molar-refractivity contribution is 0.112. The maximum atomic E-state index is 11.0. The van der Waals surface area contributed by atoms with Crippen molar-refractivity contribution in [3.05, 3.63) is 35.9 Å². The van der Waals surface area contributed by atoms with Crippen LogP contribution in [0.4, 0.5) is 0 Å². The van der Waals surface area contributed by atoms with Crippen molar-refractivity contribution in [1.82, 2.24) is 0 Å². The molecule has 0 unspecified atom stereocenters. The molecule has 0 saturated carbocycles. The topological polar surface area (TPSA) is 26.3 Å². The van der Waals surface area contributed by atoms with Crippen molar-refractivity contribution in [3.63, 3.8) is 0 Å². The van der Waals surface area contributed by atoms with Gasteiger partial charge >= 0.3 is 0 Å². The summed E-state index contributed by atoms with van der Waals surface area (Å²) in [5.41, 5.74) is 0.556. The monoisotopic (exact) mass is 218 g/mol. The first kappa shape index (κ1) is 10.1. The number of hydrogen-bond acceptors (Lipinski definition) is 3. The molecule has 0 aliphatic rings. The van der Waals surface area contributed by atoms with E-state index in [9.17, 15) is 4.79 Å². The lowest BCUT2D eigenvalue weighted by Gasteiger charge is -2.09. The number of carbonyl (C=O) groups is 1. The van der Waals surface area contributed by atoms with Crippen LogP contribution in [0.3, 0.4) is 0 Å². The zero-order valence-corrected chi connectivity index (χ0v) is 9.12. The Bertz CT molecular complexity index is 520. The maximum Gasteiger partial charge on any atom is 0.154 e. The standard InChI is InChI=1S/C12H10O2S/c1-14-12-10(7-13)9-5-3-2-4-8(9)6-11(12)15/h2-7,15H,1H3. The number of rotatable bonds is 2. The minimum Gasteiger partial charge on any atom is -0.495 e. The van der Waals surface area contributed by atoms with E-state index in [2.05, 4.69) is 12.6 Å². The van der Waals surface area contributed by atoms with Crippen LogP contribution in [-0.4, -0.2) is 13.4 Å². The Kier molecular flexibility index (Phi) is 2.64. The van der Waals surface area contributed by atoms with Gasteiger partial charge in [-0.1, -0.05) is 24.3 Å². The summed E-state index contributed by atoms with van der Waals surface area (Å²) >= 11 is 4.29. The summed E-state index contributed by atoms with van der Waals surface area (Å²) in [4.78, 5) is 11.7. The van der Waals surface area contributed by atoms with E-state index in [0.717, 1.165) is 17.1 Å². The largest absolute Gasteiger partial charge is 0.495 e. The predicted octanol–water partition coefficient (Wildman–Crippen LogP) is 2.95. The van der Waals surface area contributed by atoms with Crippen LogP contribution in [0.1, 0.15) is 10.4 Å². The van der Waals surface area contributed by atoms with Crippen LogP contribution in [0.2, 0.25) is 0 Å². The van der Waals surface area contributed by atoms with E-state index in [1.807, 2.05) is 30.3 Å². The van der Waals surface area contributed by atoms with Crippen molar-refractivity contribution in [2.75, 3.05) is 7.11 Å². The number of hydrogen-bond donors (Lipinski definition) is 1. The van der Waals surface area contributed by atoms with Gasteiger partial charge in [0.2, 0.25) is 0 Å². The smallest absolute Gasteiger partial charge is 0.154 e. The van der Waals surface area contributed by atoms with Gasteiger partial charge in [0.15, 0.2) is 6.29 Å². The first-order chi connectivity index (χ1) is 7.27. The molecule has 2 aromatic carbocycles. The summed E-state index contributed by atoms with van der Waals surface area (Å²) in [6.45, 7) is 0. The van der Waals surface area contributed by atoms with Crippen LogP contribution in [0, 0.1) is 0 Å². The molecule has 2 aromatic rings. The highest BCUT2D eigenvalue weighted by molar-refractivity contribution is 7.80. The van der Waals surface area contributed by atoms with Gasteiger partial charge in [-0.15, -0.1) is 12.6 Å². The Morgan fingerprint density at radius 1 is 1.33 bits per heavy atom. The van der Waals surface area contributed by atoms with Crippen molar-refractivity contribution in [2.45, 2.75) is 4.90 Å². The third-order valence-electron chi connectivity index (χ3n) is 2.34. The Morgan fingerprint density at radius 2 is 2.07 bits per heavy atom. The molecule has 0 bridgehead atoms. The SMILES string of the molecule is COc1c(S)cc2ccccc2c1C=O. The Morgan fingerprint density at radius 3 is 2.73 bits per heavy atom. The summed E-state index contributed by atoms with van der Waals surface area (Å²) in [7, 11) is 1.54. The van der Waals surface area contributed by atoms with E-state index in [1.54, 1.807) is 0 Å². The van der Waals surface area contributed by atoms with Crippen LogP contribution in [-0.2, 0) is 0 Å². The Hall–Kier alpha value is -1.48. The molecule has 0 amide bonds. The van der Waals surface area contributed by atoms with Gasteiger partial charge in [-0.25, -0.2) is 0 Å². The zero-order valence-electron chi connectivity index (χ0n) is 8.23. The van der Waals surface area contributed by atoms with Crippen LogP contribution in [0.15, 0.2) is 35.2 Å². The van der Waals surface area contributed by atoms with Crippen molar-refractivity contribution in [1.29, 1.82) is 0 Å². The molecule has 2 rings (SSSR count). The van der Waals surface area contributed by atoms with Gasteiger partial charge in [0, 0.05) is 4.90 Å². The minimum atomic E-state index is 0.534. The van der Waals surface area contributed by atoms with Gasteiger partial charge in [0.05, 0.1) is 12.7 Å². The molecule has 0 saturated heterocycles. The molecule has 2 nitrogen and oxygen atoms in total. The number of carbonyl (C=O) groups excluding carboxylic acids is 1. The van der Waals surface area contributed by atoms with Gasteiger partial charge in [0.25, 0.3) is 0 Å². The fourth-order valence-electron chi connectivity index (χ4n) is 1.67. The first-order valence-electron chi connectivity index (χ1n) is 4.52. The van der Waals surface area contributed by atoms with Crippen LogP contribution >= 0.6 is 12.6 Å². The Balaban J connectivity index is 2.90. The fourth-order valence-corrected chi connectivity index (χ4v) is 2.02. The zero-order chi connectivity index (χ0) is 10.8. The normalized spacial score (nSPS) is 10.3. The first-order valence-corrected chi connectivity index (χ1v) is 4.96. The third kappa shape index (κ3) is 1.59. The van der Waals surface area contributed by atoms with E-state index < -0.39 is 0 Å².